The fourth-order valence-corrected chi connectivity index (χ4v) is 9.38. The predicted octanol–water partition coefficient (Wildman–Crippen LogP) is 17.4. The molecule has 0 atom stereocenters. The third kappa shape index (κ3) is 7.64. The molecule has 1 aliphatic carbocycles. The summed E-state index contributed by atoms with van der Waals surface area (Å²) in [6, 6.07) is 68.2. The molecular weight excluding hydrogens is 761 g/mol. The monoisotopic (exact) mass is 814 g/mol. The van der Waals surface area contributed by atoms with Crippen molar-refractivity contribution in [1.82, 2.24) is 0 Å². The summed E-state index contributed by atoms with van der Waals surface area (Å²) in [7, 11) is 2.20. The van der Waals surface area contributed by atoms with Gasteiger partial charge in [-0.05, 0) is 131 Å². The van der Waals surface area contributed by atoms with Crippen molar-refractivity contribution >= 4 is 46.2 Å². The van der Waals surface area contributed by atoms with Crippen molar-refractivity contribution in [3.8, 4) is 44.5 Å². The van der Waals surface area contributed by atoms with E-state index in [9.17, 15) is 0 Å². The molecule has 308 valence electrons. The molecular formula is C61H54N2. The zero-order valence-electron chi connectivity index (χ0n) is 37.2. The molecule has 0 bridgehead atoms. The van der Waals surface area contributed by atoms with Crippen LogP contribution in [-0.2, 0) is 5.41 Å². The van der Waals surface area contributed by atoms with Crippen LogP contribution < -0.4 is 9.80 Å². The lowest BCUT2D eigenvalue weighted by molar-refractivity contribution is 0.639. The normalized spacial score (nSPS) is 13.0. The number of hydrogen-bond donors (Lipinski definition) is 0. The Morgan fingerprint density at radius 3 is 1.54 bits per heavy atom. The third-order valence-corrected chi connectivity index (χ3v) is 13.2. The number of nitrogens with zero attached hydrogens (tertiary/aromatic N) is 2. The fourth-order valence-electron chi connectivity index (χ4n) is 9.38. The molecule has 8 aromatic carbocycles. The summed E-state index contributed by atoms with van der Waals surface area (Å²) < 4.78 is 0. The van der Waals surface area contributed by atoms with Crippen LogP contribution in [0.3, 0.4) is 0 Å². The summed E-state index contributed by atoms with van der Waals surface area (Å²) >= 11 is 0. The van der Waals surface area contributed by atoms with Gasteiger partial charge in [-0.2, -0.15) is 0 Å². The topological polar surface area (TPSA) is 6.48 Å². The Balaban J connectivity index is 1.31. The van der Waals surface area contributed by atoms with Crippen molar-refractivity contribution in [1.29, 1.82) is 0 Å². The second-order valence-electron chi connectivity index (χ2n) is 17.1. The van der Waals surface area contributed by atoms with Crippen molar-refractivity contribution in [2.75, 3.05) is 16.8 Å². The van der Waals surface area contributed by atoms with Crippen molar-refractivity contribution < 1.29 is 0 Å². The Bertz CT molecular complexity index is 2990. The number of anilines is 5. The highest BCUT2D eigenvalue weighted by molar-refractivity contribution is 6.00. The highest BCUT2D eigenvalue weighted by Crippen LogP contribution is 2.51. The van der Waals surface area contributed by atoms with Gasteiger partial charge in [-0.1, -0.05) is 184 Å². The van der Waals surface area contributed by atoms with Crippen LogP contribution in [0.2, 0.25) is 0 Å². The zero-order chi connectivity index (χ0) is 43.7. The first-order valence-corrected chi connectivity index (χ1v) is 22.0. The lowest BCUT2D eigenvalue weighted by Gasteiger charge is -2.33. The number of hydrogen-bond acceptors (Lipinski definition) is 2. The van der Waals surface area contributed by atoms with E-state index in [-0.39, 0.29) is 5.41 Å². The van der Waals surface area contributed by atoms with Crippen LogP contribution in [0.25, 0.3) is 62.2 Å². The first-order valence-electron chi connectivity index (χ1n) is 22.0. The number of benzene rings is 8. The molecule has 0 aromatic heterocycles. The molecule has 0 unspecified atom stereocenters. The minimum Gasteiger partial charge on any atom is -0.344 e. The van der Waals surface area contributed by atoms with E-state index in [1.54, 1.807) is 0 Å². The minimum atomic E-state index is -0.0817. The highest BCUT2D eigenvalue weighted by atomic mass is 15.2. The van der Waals surface area contributed by atoms with Gasteiger partial charge in [-0.3, -0.25) is 0 Å². The number of allylic oxidation sites excluding steroid dienone is 3. The van der Waals surface area contributed by atoms with Gasteiger partial charge in [0.2, 0.25) is 0 Å². The lowest BCUT2D eigenvalue weighted by Crippen LogP contribution is -2.17. The second kappa shape index (κ2) is 17.2. The molecule has 0 spiro atoms. The van der Waals surface area contributed by atoms with E-state index in [4.69, 9.17) is 0 Å². The van der Waals surface area contributed by atoms with Gasteiger partial charge in [0, 0.05) is 40.7 Å². The van der Waals surface area contributed by atoms with Gasteiger partial charge in [0.25, 0.3) is 0 Å². The highest BCUT2D eigenvalue weighted by Gasteiger charge is 2.34. The summed E-state index contributed by atoms with van der Waals surface area (Å²) in [5.41, 5.74) is 22.3. The van der Waals surface area contributed by atoms with Gasteiger partial charge in [0.1, 0.15) is 0 Å². The number of fused-ring (bicyclic) bond motifs is 1. The Labute approximate surface area is 374 Å². The van der Waals surface area contributed by atoms with Gasteiger partial charge in [0.05, 0.1) is 11.4 Å². The Hall–Kier alpha value is -7.42. The Morgan fingerprint density at radius 1 is 0.476 bits per heavy atom. The fraction of sp³-hybridized carbons (Fsp3) is 0.115. The molecule has 0 saturated carbocycles. The molecule has 0 fully saturated rings. The SMILES string of the molecule is C=Cc1c(/C=C\C)c(N(c2ccc(-c3ccccc3)cc2)c2cccc(-c3ccccc3)c2)cc(N(C)c2ccc(-c3ccccc3)cc2)c1-c1ccc2c(c1)C(C)(C)C(C)=C2C. The molecule has 8 aromatic rings. The molecule has 1 aliphatic rings. The smallest absolute Gasteiger partial charge is 0.0561 e. The molecule has 0 heterocycles. The molecule has 2 nitrogen and oxygen atoms in total. The van der Waals surface area contributed by atoms with E-state index in [1.807, 2.05) is 0 Å². The van der Waals surface area contributed by atoms with E-state index in [1.165, 1.54) is 55.7 Å². The van der Waals surface area contributed by atoms with Crippen LogP contribution >= 0.6 is 0 Å². The molecule has 0 N–H and O–H groups in total. The predicted molar refractivity (Wildman–Crippen MR) is 273 cm³/mol. The summed E-state index contributed by atoms with van der Waals surface area (Å²) in [4.78, 5) is 4.77. The van der Waals surface area contributed by atoms with Gasteiger partial charge in [0.15, 0.2) is 0 Å². The van der Waals surface area contributed by atoms with E-state index < -0.39 is 0 Å². The maximum absolute atomic E-state index is 4.57. The first-order chi connectivity index (χ1) is 30.7. The van der Waals surface area contributed by atoms with Gasteiger partial charge >= 0.3 is 0 Å². The quantitative estimate of drug-likeness (QED) is 0.128. The molecule has 0 radical (unpaired) electrons. The van der Waals surface area contributed by atoms with E-state index >= 15 is 0 Å². The zero-order valence-corrected chi connectivity index (χ0v) is 37.2. The van der Waals surface area contributed by atoms with Crippen LogP contribution in [0.15, 0.2) is 206 Å². The van der Waals surface area contributed by atoms with Crippen molar-refractivity contribution in [3.63, 3.8) is 0 Å². The van der Waals surface area contributed by atoms with Crippen LogP contribution in [0.5, 0.6) is 0 Å². The second-order valence-corrected chi connectivity index (χ2v) is 17.1. The molecule has 0 saturated heterocycles. The first kappa shape index (κ1) is 41.0. The summed E-state index contributed by atoms with van der Waals surface area (Å²) in [5, 5.41) is 0. The van der Waals surface area contributed by atoms with E-state index in [0.29, 0.717) is 0 Å². The van der Waals surface area contributed by atoms with Crippen LogP contribution in [-0.4, -0.2) is 7.05 Å². The van der Waals surface area contributed by atoms with E-state index in [2.05, 4.69) is 264 Å². The maximum Gasteiger partial charge on any atom is 0.0561 e. The summed E-state index contributed by atoms with van der Waals surface area (Å²) in [5.74, 6) is 0. The molecule has 0 aliphatic heterocycles. The molecule has 2 heteroatoms. The van der Waals surface area contributed by atoms with Crippen LogP contribution in [0, 0.1) is 0 Å². The van der Waals surface area contributed by atoms with Crippen molar-refractivity contribution in [2.24, 2.45) is 0 Å². The minimum absolute atomic E-state index is 0.0817. The van der Waals surface area contributed by atoms with Crippen molar-refractivity contribution in [3.05, 3.63) is 229 Å². The Morgan fingerprint density at radius 2 is 0.984 bits per heavy atom. The molecule has 9 rings (SSSR count). The van der Waals surface area contributed by atoms with Gasteiger partial charge in [-0.25, -0.2) is 0 Å². The van der Waals surface area contributed by atoms with Crippen LogP contribution in [0.4, 0.5) is 28.4 Å². The lowest BCUT2D eigenvalue weighted by atomic mass is 9.80. The van der Waals surface area contributed by atoms with Crippen molar-refractivity contribution in [2.45, 2.75) is 40.0 Å². The summed E-state index contributed by atoms with van der Waals surface area (Å²) in [6.07, 6.45) is 6.48. The average Bonchev–Trinajstić information content (AvgIpc) is 3.51. The Kier molecular flexibility index (Phi) is 11.2. The maximum atomic E-state index is 4.57. The standard InChI is InChI=1S/C61H54N2/c1-8-20-56-54(9-2)60(50-33-38-55-42(3)43(4)61(5,6)57(55)40-50)59(62(7)51-34-29-47(30-35-51)44-21-13-10-14-22-44)41-58(56)63(52-36-31-48(32-37-52)45-23-15-11-16-24-45)53-28-19-27-49(39-53)46-25-17-12-18-26-46/h8-41H,2H2,1,3-7H3/b20-8-. The average molecular weight is 815 g/mol. The van der Waals surface area contributed by atoms with Gasteiger partial charge in [-0.15, -0.1) is 0 Å². The molecule has 0 amide bonds. The largest absolute Gasteiger partial charge is 0.344 e. The van der Waals surface area contributed by atoms with Gasteiger partial charge < -0.3 is 9.80 Å². The molecule has 63 heavy (non-hydrogen) atoms. The third-order valence-electron chi connectivity index (χ3n) is 13.2. The van der Waals surface area contributed by atoms with Crippen LogP contribution in [0.1, 0.15) is 56.9 Å². The summed E-state index contributed by atoms with van der Waals surface area (Å²) in [6.45, 7) is 15.9. The van der Waals surface area contributed by atoms with E-state index in [0.717, 1.165) is 50.7 Å². The number of rotatable bonds is 11.